The first-order valence-electron chi connectivity index (χ1n) is 13.7. The van der Waals surface area contributed by atoms with Crippen LogP contribution in [-0.2, 0) is 9.53 Å². The third-order valence-corrected chi connectivity index (χ3v) is 9.52. The number of halogens is 1. The molecule has 1 fully saturated rings. The zero-order valence-electron chi connectivity index (χ0n) is 24.2. The molecule has 40 heavy (non-hydrogen) atoms. The lowest BCUT2D eigenvalue weighted by molar-refractivity contribution is -0.138. The number of nitrogens with zero attached hydrogens (tertiary/aromatic N) is 4. The molecule has 6 nitrogen and oxygen atoms in total. The van der Waals surface area contributed by atoms with E-state index in [2.05, 4.69) is 35.1 Å². The van der Waals surface area contributed by atoms with Gasteiger partial charge in [-0.1, -0.05) is 23.7 Å². The fourth-order valence-electron chi connectivity index (χ4n) is 5.22. The Morgan fingerprint density at radius 1 is 1.05 bits per heavy atom. The van der Waals surface area contributed by atoms with E-state index in [-0.39, 0.29) is 5.78 Å². The van der Waals surface area contributed by atoms with Gasteiger partial charge in [0.25, 0.3) is 0 Å². The van der Waals surface area contributed by atoms with Crippen molar-refractivity contribution in [2.45, 2.75) is 66.2 Å². The van der Waals surface area contributed by atoms with Crippen LogP contribution in [0, 0.1) is 6.92 Å². The maximum absolute atomic E-state index is 13.0. The first kappa shape index (κ1) is 29.1. The van der Waals surface area contributed by atoms with Crippen LogP contribution in [0.1, 0.15) is 58.8 Å². The molecule has 1 aliphatic heterocycles. The normalized spacial score (nSPS) is 15.8. The number of ketones is 1. The Hall–Kier alpha value is -2.36. The molecule has 2 aromatic carbocycles. The van der Waals surface area contributed by atoms with Gasteiger partial charge < -0.3 is 9.64 Å². The number of benzene rings is 2. The summed E-state index contributed by atoms with van der Waals surface area (Å²) in [5.74, 6) is 0.993. The summed E-state index contributed by atoms with van der Waals surface area (Å²) in [6.45, 7) is 18.1. The van der Waals surface area contributed by atoms with E-state index in [1.54, 1.807) is 29.6 Å². The van der Waals surface area contributed by atoms with Gasteiger partial charge in [0.05, 0.1) is 15.8 Å². The van der Waals surface area contributed by atoms with Crippen LogP contribution in [0.4, 0.5) is 5.82 Å². The van der Waals surface area contributed by atoms with Crippen molar-refractivity contribution in [3.63, 3.8) is 0 Å². The summed E-state index contributed by atoms with van der Waals surface area (Å²) in [6, 6.07) is 10.4. The standard InChI is InChI=1S/C31H37ClN4O2S2/c1-18(2)35-12-14-36(15-13-35)24-17-39-29(34-24)30-33-23-16-19(3)25(27(20(4)37)38-31(5,6)7)26(28(23)40-30)21-8-10-22(32)11-9-21/h8-11,16-18,27H,12-15H2,1-7H3/t27-/m1/s1. The highest BCUT2D eigenvalue weighted by Crippen LogP contribution is 2.45. The minimum absolute atomic E-state index is 0.0283. The van der Waals surface area contributed by atoms with Gasteiger partial charge in [-0.05, 0) is 77.8 Å². The van der Waals surface area contributed by atoms with Crippen molar-refractivity contribution in [1.29, 1.82) is 0 Å². The second-order valence-corrected chi connectivity index (χ2v) is 14.0. The molecule has 5 rings (SSSR count). The van der Waals surface area contributed by atoms with E-state index in [0.717, 1.165) is 74.5 Å². The SMILES string of the molecule is CC(=O)[C@@H](OC(C)(C)C)c1c(C)cc2nc(-c3nc(N4CCN(C(C)C)CC4)cs3)sc2c1-c1ccc(Cl)cc1. The van der Waals surface area contributed by atoms with Gasteiger partial charge in [-0.15, -0.1) is 22.7 Å². The molecule has 0 spiro atoms. The molecule has 1 saturated heterocycles. The second-order valence-electron chi connectivity index (χ2n) is 11.7. The number of aromatic nitrogens is 2. The summed E-state index contributed by atoms with van der Waals surface area (Å²) in [5.41, 5.74) is 4.21. The minimum Gasteiger partial charge on any atom is -0.360 e. The number of hydrogen-bond donors (Lipinski definition) is 0. The lowest BCUT2D eigenvalue weighted by Gasteiger charge is -2.37. The zero-order valence-corrected chi connectivity index (χ0v) is 26.6. The zero-order chi connectivity index (χ0) is 28.8. The molecule has 0 saturated carbocycles. The summed E-state index contributed by atoms with van der Waals surface area (Å²) in [4.78, 5) is 28.0. The van der Waals surface area contributed by atoms with Crippen molar-refractivity contribution in [2.75, 3.05) is 31.1 Å². The fourth-order valence-corrected chi connectivity index (χ4v) is 7.33. The average molecular weight is 597 g/mol. The molecule has 0 radical (unpaired) electrons. The third kappa shape index (κ3) is 6.11. The highest BCUT2D eigenvalue weighted by molar-refractivity contribution is 7.25. The van der Waals surface area contributed by atoms with Gasteiger partial charge in [-0.2, -0.15) is 0 Å². The van der Waals surface area contributed by atoms with Crippen LogP contribution in [0.2, 0.25) is 5.02 Å². The van der Waals surface area contributed by atoms with Gasteiger partial charge in [-0.25, -0.2) is 9.97 Å². The number of hydrogen-bond acceptors (Lipinski definition) is 8. The van der Waals surface area contributed by atoms with Crippen LogP contribution in [0.15, 0.2) is 35.7 Å². The van der Waals surface area contributed by atoms with Crippen molar-refractivity contribution in [3.05, 3.63) is 51.9 Å². The minimum atomic E-state index is -0.698. The summed E-state index contributed by atoms with van der Waals surface area (Å²) >= 11 is 9.52. The molecule has 0 bridgehead atoms. The molecule has 0 aliphatic carbocycles. The lowest BCUT2D eigenvalue weighted by atomic mass is 9.90. The molecule has 1 atom stereocenters. The van der Waals surface area contributed by atoms with Crippen molar-refractivity contribution >= 4 is 56.1 Å². The molecule has 212 valence electrons. The number of anilines is 1. The first-order chi connectivity index (χ1) is 18.9. The van der Waals surface area contributed by atoms with Crippen LogP contribution < -0.4 is 4.90 Å². The van der Waals surface area contributed by atoms with E-state index < -0.39 is 11.7 Å². The van der Waals surface area contributed by atoms with Gasteiger partial charge in [0.15, 0.2) is 15.8 Å². The molecule has 2 aromatic heterocycles. The Morgan fingerprint density at radius 3 is 2.33 bits per heavy atom. The smallest absolute Gasteiger partial charge is 0.163 e. The van der Waals surface area contributed by atoms with Crippen molar-refractivity contribution in [2.24, 2.45) is 0 Å². The predicted molar refractivity (Wildman–Crippen MR) is 169 cm³/mol. The van der Waals surface area contributed by atoms with Gasteiger partial charge in [-0.3, -0.25) is 9.69 Å². The topological polar surface area (TPSA) is 58.6 Å². The number of rotatable bonds is 7. The Labute approximate surface area is 250 Å². The first-order valence-corrected chi connectivity index (χ1v) is 15.8. The molecule has 3 heterocycles. The molecule has 0 N–H and O–H groups in total. The van der Waals surface area contributed by atoms with E-state index in [1.165, 1.54) is 0 Å². The van der Waals surface area contributed by atoms with Crippen molar-refractivity contribution in [3.8, 4) is 21.1 Å². The Bertz CT molecular complexity index is 1510. The average Bonchev–Trinajstić information content (AvgIpc) is 3.54. The highest BCUT2D eigenvalue weighted by atomic mass is 35.5. The molecular weight excluding hydrogens is 560 g/mol. The molecule has 0 unspecified atom stereocenters. The number of thiazole rings is 2. The van der Waals surface area contributed by atoms with Gasteiger partial charge in [0.2, 0.25) is 0 Å². The molecule has 4 aromatic rings. The summed E-state index contributed by atoms with van der Waals surface area (Å²) in [5, 5.41) is 4.61. The van der Waals surface area contributed by atoms with Gasteiger partial charge in [0.1, 0.15) is 11.9 Å². The van der Waals surface area contributed by atoms with Crippen molar-refractivity contribution in [1.82, 2.24) is 14.9 Å². The monoisotopic (exact) mass is 596 g/mol. The second kappa shape index (κ2) is 11.5. The lowest BCUT2D eigenvalue weighted by Crippen LogP contribution is -2.49. The Morgan fingerprint density at radius 2 is 1.73 bits per heavy atom. The largest absolute Gasteiger partial charge is 0.360 e. The number of piperazine rings is 1. The van der Waals surface area contributed by atoms with E-state index in [9.17, 15) is 4.79 Å². The number of aryl methyl sites for hydroxylation is 1. The van der Waals surface area contributed by atoms with E-state index in [4.69, 9.17) is 26.3 Å². The molecular formula is C31H37ClN4O2S2. The number of fused-ring (bicyclic) bond motifs is 1. The Balaban J connectivity index is 1.59. The van der Waals surface area contributed by atoms with Crippen LogP contribution in [0.25, 0.3) is 31.4 Å². The number of carbonyl (C=O) groups excluding carboxylic acids is 1. The van der Waals surface area contributed by atoms with Gasteiger partial charge >= 0.3 is 0 Å². The molecule has 1 aliphatic rings. The van der Waals surface area contributed by atoms with E-state index >= 15 is 0 Å². The summed E-state index contributed by atoms with van der Waals surface area (Å²) in [7, 11) is 0. The van der Waals surface area contributed by atoms with Crippen LogP contribution in [0.3, 0.4) is 0 Å². The number of ether oxygens (including phenoxy) is 1. The maximum atomic E-state index is 13.0. The predicted octanol–water partition coefficient (Wildman–Crippen LogP) is 8.02. The van der Waals surface area contributed by atoms with E-state index in [1.807, 2.05) is 52.0 Å². The van der Waals surface area contributed by atoms with E-state index in [0.29, 0.717) is 11.1 Å². The highest BCUT2D eigenvalue weighted by Gasteiger charge is 2.31. The number of Topliss-reactive ketones (excluding diaryl/α,β-unsaturated/α-hetero) is 1. The maximum Gasteiger partial charge on any atom is 0.163 e. The third-order valence-electron chi connectivity index (χ3n) is 7.21. The van der Waals surface area contributed by atoms with Crippen LogP contribution >= 0.6 is 34.3 Å². The van der Waals surface area contributed by atoms with Gasteiger partial charge in [0, 0.05) is 53.8 Å². The Kier molecular flexibility index (Phi) is 8.37. The molecule has 9 heteroatoms. The van der Waals surface area contributed by atoms with Crippen LogP contribution in [0.5, 0.6) is 0 Å². The summed E-state index contributed by atoms with van der Waals surface area (Å²) in [6.07, 6.45) is -0.698. The quantitative estimate of drug-likeness (QED) is 0.215. The number of carbonyl (C=O) groups is 1. The summed E-state index contributed by atoms with van der Waals surface area (Å²) < 4.78 is 7.39. The fraction of sp³-hybridized carbons (Fsp3) is 0.452. The van der Waals surface area contributed by atoms with Crippen LogP contribution in [-0.4, -0.2) is 58.5 Å². The van der Waals surface area contributed by atoms with Crippen molar-refractivity contribution < 1.29 is 9.53 Å². The molecule has 0 amide bonds.